The van der Waals surface area contributed by atoms with E-state index in [1.165, 1.54) is 29.5 Å². The molecular weight excluding hydrogens is 620 g/mol. The van der Waals surface area contributed by atoms with Crippen LogP contribution in [-0.2, 0) is 12.8 Å². The molecule has 2 fully saturated rings. The van der Waals surface area contributed by atoms with Crippen molar-refractivity contribution in [2.75, 3.05) is 24.5 Å². The third kappa shape index (κ3) is 7.90. The van der Waals surface area contributed by atoms with Gasteiger partial charge in [0.25, 0.3) is 5.91 Å². The summed E-state index contributed by atoms with van der Waals surface area (Å²) in [4.78, 5) is 21.1. The van der Waals surface area contributed by atoms with Gasteiger partial charge >= 0.3 is 0 Å². The molecule has 1 aromatic heterocycles. The largest absolute Gasteiger partial charge is 0.487 e. The molecule has 1 aliphatic carbocycles. The van der Waals surface area contributed by atoms with Crippen molar-refractivity contribution in [3.8, 4) is 5.75 Å². The van der Waals surface area contributed by atoms with Gasteiger partial charge in [-0.3, -0.25) is 4.79 Å². The minimum absolute atomic E-state index is 0.0718. The number of hydrogen-bond acceptors (Lipinski definition) is 6. The van der Waals surface area contributed by atoms with Gasteiger partial charge in [-0.15, -0.1) is 0 Å². The van der Waals surface area contributed by atoms with E-state index in [1.54, 1.807) is 0 Å². The van der Waals surface area contributed by atoms with Gasteiger partial charge in [0.2, 0.25) is 0 Å². The lowest BCUT2D eigenvalue weighted by atomic mass is 9.85. The first-order valence-electron chi connectivity index (χ1n) is 18.7. The van der Waals surface area contributed by atoms with Crippen LogP contribution in [0.25, 0.3) is 0 Å². The number of amides is 1. The van der Waals surface area contributed by atoms with Crippen LogP contribution in [0.2, 0.25) is 0 Å². The maximum Gasteiger partial charge on any atom is 0.251 e. The number of carbonyl (C=O) groups excluding carboxylic acids is 1. The molecule has 0 bridgehead atoms. The Hall–Kier alpha value is -4.20. The van der Waals surface area contributed by atoms with Crippen molar-refractivity contribution in [3.63, 3.8) is 0 Å². The fourth-order valence-corrected chi connectivity index (χ4v) is 8.37. The number of nitrogens with zero attached hydrogens (tertiary/aromatic N) is 2. The summed E-state index contributed by atoms with van der Waals surface area (Å²) in [6, 6.07) is 30.8. The van der Waals surface area contributed by atoms with Gasteiger partial charge in [-0.05, 0) is 99.1 Å². The molecule has 3 atom stereocenters. The highest BCUT2D eigenvalue weighted by Crippen LogP contribution is 2.47. The number of hydrogen-bond donors (Lipinski definition) is 3. The Bertz CT molecular complexity index is 1730. The molecule has 3 aromatic carbocycles. The quantitative estimate of drug-likeness (QED) is 0.153. The minimum atomic E-state index is -0.807. The third-order valence-corrected chi connectivity index (χ3v) is 11.2. The second-order valence-electron chi connectivity index (χ2n) is 14.7. The predicted molar refractivity (Wildman–Crippen MR) is 200 cm³/mol. The Kier molecular flexibility index (Phi) is 10.5. The van der Waals surface area contributed by atoms with Crippen LogP contribution in [0.3, 0.4) is 0 Å². The molecule has 0 radical (unpaired) electrons. The maximum absolute atomic E-state index is 14.0. The summed E-state index contributed by atoms with van der Waals surface area (Å²) in [7, 11) is 0. The van der Waals surface area contributed by atoms with E-state index in [-0.39, 0.29) is 17.6 Å². The maximum atomic E-state index is 14.0. The second kappa shape index (κ2) is 15.4. The van der Waals surface area contributed by atoms with Crippen LogP contribution in [0.5, 0.6) is 5.75 Å². The highest BCUT2D eigenvalue weighted by Gasteiger charge is 2.43. The van der Waals surface area contributed by atoms with Gasteiger partial charge in [0.1, 0.15) is 17.2 Å². The lowest BCUT2D eigenvalue weighted by Crippen LogP contribution is -2.50. The minimum Gasteiger partial charge on any atom is -0.487 e. The van der Waals surface area contributed by atoms with Gasteiger partial charge in [-0.25, -0.2) is 4.98 Å². The third-order valence-electron chi connectivity index (χ3n) is 11.2. The highest BCUT2D eigenvalue weighted by molar-refractivity contribution is 5.95. The number of pyridine rings is 1. The van der Waals surface area contributed by atoms with Gasteiger partial charge in [-0.2, -0.15) is 0 Å². The summed E-state index contributed by atoms with van der Waals surface area (Å²) in [6.07, 6.45) is 8.17. The Balaban J connectivity index is 1.06. The van der Waals surface area contributed by atoms with Crippen molar-refractivity contribution in [2.45, 2.75) is 101 Å². The number of fused-ring (bicyclic) bond motifs is 1. The molecule has 4 aromatic rings. The first-order chi connectivity index (χ1) is 24.4. The first-order valence-corrected chi connectivity index (χ1v) is 18.7. The molecule has 262 valence electrons. The van der Waals surface area contributed by atoms with Crippen molar-refractivity contribution in [1.82, 2.24) is 15.6 Å². The Morgan fingerprint density at radius 3 is 2.40 bits per heavy atom. The van der Waals surface area contributed by atoms with Crippen molar-refractivity contribution < 1.29 is 14.6 Å². The van der Waals surface area contributed by atoms with Gasteiger partial charge < -0.3 is 25.4 Å². The average Bonchev–Trinajstić information content (AvgIpc) is 3.60. The number of aromatic nitrogens is 1. The van der Waals surface area contributed by atoms with Crippen LogP contribution >= 0.6 is 0 Å². The summed E-state index contributed by atoms with van der Waals surface area (Å²) in [5.41, 5.74) is 6.16. The lowest BCUT2D eigenvalue weighted by Gasteiger charge is -2.41. The average molecular weight is 673 g/mol. The van der Waals surface area contributed by atoms with Crippen LogP contribution in [0.1, 0.15) is 102 Å². The van der Waals surface area contributed by atoms with E-state index in [2.05, 4.69) is 83.1 Å². The van der Waals surface area contributed by atoms with E-state index in [0.717, 1.165) is 74.4 Å². The molecule has 3 N–H and O–H groups in total. The summed E-state index contributed by atoms with van der Waals surface area (Å²) >= 11 is 0. The van der Waals surface area contributed by atoms with Crippen LogP contribution in [0.15, 0.2) is 91.0 Å². The monoisotopic (exact) mass is 672 g/mol. The first kappa shape index (κ1) is 34.3. The highest BCUT2D eigenvalue weighted by atomic mass is 16.5. The molecule has 1 amide bonds. The zero-order valence-corrected chi connectivity index (χ0v) is 29.6. The Labute approximate surface area is 297 Å². The van der Waals surface area contributed by atoms with Crippen LogP contribution in [-0.4, -0.2) is 53.4 Å². The number of benzene rings is 3. The molecule has 3 aliphatic rings. The van der Waals surface area contributed by atoms with Crippen LogP contribution < -0.4 is 20.3 Å². The van der Waals surface area contributed by atoms with Crippen molar-refractivity contribution in [1.29, 1.82) is 0 Å². The van der Waals surface area contributed by atoms with Crippen LogP contribution in [0.4, 0.5) is 5.82 Å². The van der Waals surface area contributed by atoms with Gasteiger partial charge in [0, 0.05) is 48.9 Å². The molecule has 1 saturated carbocycles. The number of ether oxygens (including phenoxy) is 1. The molecule has 2 aliphatic heterocycles. The molecule has 7 rings (SSSR count). The molecule has 3 heterocycles. The van der Waals surface area contributed by atoms with Crippen molar-refractivity contribution in [2.24, 2.45) is 0 Å². The summed E-state index contributed by atoms with van der Waals surface area (Å²) < 4.78 is 6.67. The fraction of sp³-hybridized carbons (Fsp3) is 0.442. The number of piperidine rings is 1. The molecule has 7 nitrogen and oxygen atoms in total. The number of carbonyl (C=O) groups is 1. The number of anilines is 1. The standard InChI is InChI=1S/C43H52N4O3/c1-3-31-16-17-40-36(25-31)38(28-43(50-40)20-10-11-21-43)44-29-39(48)37(26-32-12-6-4-7-13-32)46-42(49)35-24-30(2)45-41(27-35)47-22-18-34(19-23-47)33-14-8-5-9-15-33/h4-9,12-17,24-25,27,34,37-39,44,48H,3,10-11,18-23,26,28-29H2,1-2H3,(H,46,49)/t37-,38-,39-/m0/s1. The topological polar surface area (TPSA) is 86.7 Å². The van der Waals surface area contributed by atoms with Crippen molar-refractivity contribution >= 4 is 11.7 Å². The SMILES string of the molecule is CCc1ccc2c(c1)[C@@H](NC[C@H](O)[C@H](Cc1ccccc1)NC(=O)c1cc(C)nc(N3CCC(c4ccccc4)CC3)c1)CC1(CCCC1)O2. The number of aliphatic hydroxyl groups is 1. The Morgan fingerprint density at radius 1 is 0.960 bits per heavy atom. The van der Waals surface area contributed by atoms with E-state index in [4.69, 9.17) is 9.72 Å². The molecular formula is C43H52N4O3. The molecule has 50 heavy (non-hydrogen) atoms. The molecule has 7 heteroatoms. The Morgan fingerprint density at radius 2 is 1.68 bits per heavy atom. The zero-order chi connectivity index (χ0) is 34.5. The number of rotatable bonds is 11. The predicted octanol–water partition coefficient (Wildman–Crippen LogP) is 7.46. The second-order valence-corrected chi connectivity index (χ2v) is 14.7. The van der Waals surface area contributed by atoms with Gasteiger partial charge in [-0.1, -0.05) is 79.7 Å². The van der Waals surface area contributed by atoms with E-state index >= 15 is 0 Å². The lowest BCUT2D eigenvalue weighted by molar-refractivity contribution is 0.0326. The molecule has 1 saturated heterocycles. The zero-order valence-electron chi connectivity index (χ0n) is 29.6. The number of aryl methyl sites for hydroxylation is 2. The summed E-state index contributed by atoms with van der Waals surface area (Å²) in [6.45, 7) is 6.27. The number of aliphatic hydroxyl groups excluding tert-OH is 1. The fourth-order valence-electron chi connectivity index (χ4n) is 8.37. The van der Waals surface area contributed by atoms with Gasteiger partial charge in [0.15, 0.2) is 0 Å². The number of nitrogens with one attached hydrogen (secondary N) is 2. The van der Waals surface area contributed by atoms with E-state index in [1.807, 2.05) is 37.3 Å². The molecule has 1 spiro atoms. The summed E-state index contributed by atoms with van der Waals surface area (Å²) in [5, 5.41) is 18.8. The van der Waals surface area contributed by atoms with E-state index in [0.29, 0.717) is 24.4 Å². The van der Waals surface area contributed by atoms with Gasteiger partial charge in [0.05, 0.1) is 12.1 Å². The smallest absolute Gasteiger partial charge is 0.251 e. The summed E-state index contributed by atoms with van der Waals surface area (Å²) in [5.74, 6) is 2.16. The molecule has 0 unspecified atom stereocenters. The normalized spacial score (nSPS) is 19.8. The van der Waals surface area contributed by atoms with Crippen LogP contribution in [0, 0.1) is 6.92 Å². The van der Waals surface area contributed by atoms with E-state index in [9.17, 15) is 9.90 Å². The van der Waals surface area contributed by atoms with E-state index < -0.39 is 12.1 Å². The van der Waals surface area contributed by atoms with Crippen molar-refractivity contribution in [3.05, 3.63) is 125 Å².